The van der Waals surface area contributed by atoms with E-state index in [0.29, 0.717) is 12.4 Å². The molecular formula is C23H36O4. The minimum absolute atomic E-state index is 0.437. The first kappa shape index (κ1) is 23.2. The van der Waals surface area contributed by atoms with Crippen LogP contribution in [0.2, 0.25) is 0 Å². The molecule has 0 N–H and O–H groups in total. The maximum atomic E-state index is 11.6. The predicted octanol–water partition coefficient (Wildman–Crippen LogP) is 5.88. The van der Waals surface area contributed by atoms with E-state index in [1.165, 1.54) is 44.6 Å². The minimum atomic E-state index is -0.437. The Morgan fingerprint density at radius 3 is 2.30 bits per heavy atom. The highest BCUT2D eigenvalue weighted by molar-refractivity contribution is 5.83. The van der Waals surface area contributed by atoms with Gasteiger partial charge in [-0.15, -0.1) is 0 Å². The third-order valence-electron chi connectivity index (χ3n) is 4.33. The monoisotopic (exact) mass is 376 g/mol. The summed E-state index contributed by atoms with van der Waals surface area (Å²) >= 11 is 0. The van der Waals surface area contributed by atoms with E-state index >= 15 is 0 Å². The lowest BCUT2D eigenvalue weighted by molar-refractivity contribution is -0.129. The molecule has 0 aliphatic heterocycles. The molecule has 0 atom stereocenters. The van der Waals surface area contributed by atoms with Gasteiger partial charge in [0.15, 0.2) is 0 Å². The van der Waals surface area contributed by atoms with E-state index in [-0.39, 0.29) is 0 Å². The van der Waals surface area contributed by atoms with E-state index in [2.05, 4.69) is 13.5 Å². The zero-order chi connectivity index (χ0) is 19.7. The van der Waals surface area contributed by atoms with Gasteiger partial charge in [0.2, 0.25) is 0 Å². The second kappa shape index (κ2) is 15.3. The van der Waals surface area contributed by atoms with Gasteiger partial charge in [0.1, 0.15) is 11.5 Å². The van der Waals surface area contributed by atoms with Crippen LogP contribution in [0, 0.1) is 0 Å². The van der Waals surface area contributed by atoms with E-state index in [9.17, 15) is 4.79 Å². The molecule has 152 valence electrons. The van der Waals surface area contributed by atoms with Crippen molar-refractivity contribution >= 4 is 5.97 Å². The Labute approximate surface area is 164 Å². The third-order valence-corrected chi connectivity index (χ3v) is 4.33. The zero-order valence-corrected chi connectivity index (χ0v) is 17.1. The van der Waals surface area contributed by atoms with Crippen molar-refractivity contribution in [3.63, 3.8) is 0 Å². The molecule has 0 aromatic heterocycles. The molecule has 0 unspecified atom stereocenters. The van der Waals surface area contributed by atoms with E-state index in [1.807, 2.05) is 25.1 Å². The molecule has 0 saturated carbocycles. The molecule has 1 aromatic rings. The number of benzene rings is 1. The topological polar surface area (TPSA) is 44.8 Å². The Balaban J connectivity index is 2.33. The lowest BCUT2D eigenvalue weighted by atomic mass is 10.0. The van der Waals surface area contributed by atoms with E-state index in [0.717, 1.165) is 43.8 Å². The van der Waals surface area contributed by atoms with Gasteiger partial charge in [0, 0.05) is 24.9 Å². The maximum Gasteiger partial charge on any atom is 0.335 e. The average Bonchev–Trinajstić information content (AvgIpc) is 2.67. The fourth-order valence-electron chi connectivity index (χ4n) is 2.96. The van der Waals surface area contributed by atoms with Crippen molar-refractivity contribution in [1.82, 2.24) is 0 Å². The number of hydrogen-bond acceptors (Lipinski definition) is 4. The van der Waals surface area contributed by atoms with Crippen LogP contribution in [0.4, 0.5) is 0 Å². The molecule has 0 amide bonds. The van der Waals surface area contributed by atoms with Crippen molar-refractivity contribution in [3.8, 4) is 11.5 Å². The first-order valence-corrected chi connectivity index (χ1v) is 10.4. The van der Waals surface area contributed by atoms with Gasteiger partial charge in [-0.3, -0.25) is 0 Å². The van der Waals surface area contributed by atoms with Gasteiger partial charge in [0.05, 0.1) is 6.61 Å². The lowest BCUT2D eigenvalue weighted by Crippen LogP contribution is -2.07. The molecule has 0 radical (unpaired) electrons. The number of ether oxygens (including phenoxy) is 3. The molecule has 0 fully saturated rings. The summed E-state index contributed by atoms with van der Waals surface area (Å²) in [5.41, 5.74) is 0.975. The highest BCUT2D eigenvalue weighted by Gasteiger charge is 2.12. The summed E-state index contributed by atoms with van der Waals surface area (Å²) in [4.78, 5) is 11.6. The Morgan fingerprint density at radius 2 is 1.63 bits per heavy atom. The molecule has 1 rings (SSSR count). The number of unbranched alkanes of at least 4 members (excludes halogenated alkanes) is 6. The molecule has 1 aromatic carbocycles. The van der Waals surface area contributed by atoms with Gasteiger partial charge >= 0.3 is 5.97 Å². The summed E-state index contributed by atoms with van der Waals surface area (Å²) in [6.45, 7) is 9.93. The number of rotatable bonds is 16. The van der Waals surface area contributed by atoms with Crippen molar-refractivity contribution in [2.24, 2.45) is 0 Å². The second-order valence-electron chi connectivity index (χ2n) is 6.63. The van der Waals surface area contributed by atoms with Crippen LogP contribution < -0.4 is 9.47 Å². The molecule has 4 nitrogen and oxygen atoms in total. The summed E-state index contributed by atoms with van der Waals surface area (Å²) in [6.07, 6.45) is 11.5. The summed E-state index contributed by atoms with van der Waals surface area (Å²) in [5, 5.41) is 0. The van der Waals surface area contributed by atoms with Gasteiger partial charge in [-0.25, -0.2) is 4.79 Å². The molecule has 0 saturated heterocycles. The van der Waals surface area contributed by atoms with Crippen molar-refractivity contribution in [1.29, 1.82) is 0 Å². The van der Waals surface area contributed by atoms with Crippen molar-refractivity contribution in [2.75, 3.05) is 19.8 Å². The van der Waals surface area contributed by atoms with Crippen LogP contribution in [0.3, 0.4) is 0 Å². The first-order chi connectivity index (χ1) is 13.2. The van der Waals surface area contributed by atoms with E-state index in [1.54, 1.807) is 0 Å². The Morgan fingerprint density at radius 1 is 0.963 bits per heavy atom. The van der Waals surface area contributed by atoms with Gasteiger partial charge < -0.3 is 14.2 Å². The molecule has 0 bridgehead atoms. The highest BCUT2D eigenvalue weighted by atomic mass is 16.5. The molecule has 0 spiro atoms. The summed E-state index contributed by atoms with van der Waals surface area (Å²) < 4.78 is 16.6. The van der Waals surface area contributed by atoms with Crippen LogP contribution in [0.15, 0.2) is 30.9 Å². The average molecular weight is 377 g/mol. The van der Waals surface area contributed by atoms with Gasteiger partial charge in [-0.1, -0.05) is 51.7 Å². The van der Waals surface area contributed by atoms with Crippen LogP contribution >= 0.6 is 0 Å². The summed E-state index contributed by atoms with van der Waals surface area (Å²) in [7, 11) is 0. The smallest absolute Gasteiger partial charge is 0.335 e. The highest BCUT2D eigenvalue weighted by Crippen LogP contribution is 2.30. The first-order valence-electron chi connectivity index (χ1n) is 10.4. The summed E-state index contributed by atoms with van der Waals surface area (Å²) in [5.74, 6) is 0.949. The second-order valence-corrected chi connectivity index (χ2v) is 6.63. The minimum Gasteiger partial charge on any atom is -0.493 e. The third kappa shape index (κ3) is 10.2. The van der Waals surface area contributed by atoms with Crippen molar-refractivity contribution in [2.45, 2.75) is 71.6 Å². The van der Waals surface area contributed by atoms with Crippen LogP contribution in [-0.2, 0) is 16.0 Å². The SMILES string of the molecule is C=CC(=O)Oc1cccc(OCC)c1CCCCCCCCCOCCC. The van der Waals surface area contributed by atoms with Crippen molar-refractivity contribution in [3.05, 3.63) is 36.4 Å². The Hall–Kier alpha value is -1.81. The Kier molecular flexibility index (Phi) is 13.1. The largest absolute Gasteiger partial charge is 0.493 e. The van der Waals surface area contributed by atoms with Crippen molar-refractivity contribution < 1.29 is 19.0 Å². The Bertz CT molecular complexity index is 539. The van der Waals surface area contributed by atoms with Crippen LogP contribution in [0.25, 0.3) is 0 Å². The molecule has 0 aliphatic rings. The molecule has 27 heavy (non-hydrogen) atoms. The summed E-state index contributed by atoms with van der Waals surface area (Å²) in [6, 6.07) is 5.61. The number of esters is 1. The van der Waals surface area contributed by atoms with Gasteiger partial charge in [0.25, 0.3) is 0 Å². The number of carbonyl (C=O) groups is 1. The molecule has 0 heterocycles. The van der Waals surface area contributed by atoms with E-state index in [4.69, 9.17) is 14.2 Å². The quantitative estimate of drug-likeness (QED) is 0.156. The van der Waals surface area contributed by atoms with Gasteiger partial charge in [-0.05, 0) is 44.7 Å². The fraction of sp³-hybridized carbons (Fsp3) is 0.609. The normalized spacial score (nSPS) is 10.6. The number of carbonyl (C=O) groups excluding carboxylic acids is 1. The zero-order valence-electron chi connectivity index (χ0n) is 17.1. The van der Waals surface area contributed by atoms with E-state index < -0.39 is 5.97 Å². The van der Waals surface area contributed by atoms with Crippen LogP contribution in [-0.4, -0.2) is 25.8 Å². The van der Waals surface area contributed by atoms with Gasteiger partial charge in [-0.2, -0.15) is 0 Å². The molecule has 0 aliphatic carbocycles. The predicted molar refractivity (Wildman–Crippen MR) is 111 cm³/mol. The molecule has 4 heteroatoms. The number of hydrogen-bond donors (Lipinski definition) is 0. The van der Waals surface area contributed by atoms with Crippen LogP contribution in [0.5, 0.6) is 11.5 Å². The standard InChI is InChI=1S/C23H36O4/c1-4-18-25-19-13-11-9-7-8-10-12-15-20-21(26-6-3)16-14-17-22(20)27-23(24)5-2/h5,14,16-17H,2,4,6-13,15,18-19H2,1,3H3. The van der Waals surface area contributed by atoms with Crippen LogP contribution in [0.1, 0.15) is 70.8 Å². The fourth-order valence-corrected chi connectivity index (χ4v) is 2.96. The maximum absolute atomic E-state index is 11.6. The molecular weight excluding hydrogens is 340 g/mol. The lowest BCUT2D eigenvalue weighted by Gasteiger charge is -2.14.